The van der Waals surface area contributed by atoms with E-state index in [2.05, 4.69) is 20.7 Å². The van der Waals surface area contributed by atoms with Crippen molar-refractivity contribution in [2.24, 2.45) is 0 Å². The number of phenols is 1. The highest BCUT2D eigenvalue weighted by Crippen LogP contribution is 2.29. The molecule has 0 aliphatic carbocycles. The largest absolute Gasteiger partial charge is 0.508 e. The van der Waals surface area contributed by atoms with Crippen LogP contribution in [0.1, 0.15) is 10.4 Å². The van der Waals surface area contributed by atoms with E-state index in [1.54, 1.807) is 6.07 Å². The summed E-state index contributed by atoms with van der Waals surface area (Å²) in [5.41, 5.74) is 1.20. The fourth-order valence-corrected chi connectivity index (χ4v) is 2.21. The molecule has 0 radical (unpaired) electrons. The molecule has 0 aromatic heterocycles. The van der Waals surface area contributed by atoms with Gasteiger partial charge in [0, 0.05) is 4.47 Å². The number of phenolic OH excluding ortho intramolecular Hbond substituents is 1. The molecule has 98 valence electrons. The Morgan fingerprint density at radius 3 is 2.47 bits per heavy atom. The van der Waals surface area contributed by atoms with Gasteiger partial charge in [-0.25, -0.2) is 9.18 Å². The van der Waals surface area contributed by atoms with E-state index in [9.17, 15) is 14.3 Å². The Labute approximate surface area is 117 Å². The minimum atomic E-state index is -0.611. The van der Waals surface area contributed by atoms with Crippen LogP contribution in [0.2, 0.25) is 0 Å². The molecule has 2 aromatic carbocycles. The SMILES string of the molecule is COC(=O)c1cc(F)cc(-c2cc(O)cc(Br)c2)c1. The van der Waals surface area contributed by atoms with Gasteiger partial charge in [0.05, 0.1) is 12.7 Å². The summed E-state index contributed by atoms with van der Waals surface area (Å²) in [5, 5.41) is 9.53. The number of halogens is 2. The van der Waals surface area contributed by atoms with Crippen LogP contribution in [0, 0.1) is 5.82 Å². The maximum absolute atomic E-state index is 13.5. The molecule has 1 N–H and O–H groups in total. The van der Waals surface area contributed by atoms with Crippen molar-refractivity contribution in [3.63, 3.8) is 0 Å². The van der Waals surface area contributed by atoms with E-state index in [0.717, 1.165) is 6.07 Å². The summed E-state index contributed by atoms with van der Waals surface area (Å²) in [6.45, 7) is 0. The lowest BCUT2D eigenvalue weighted by Crippen LogP contribution is -2.02. The zero-order chi connectivity index (χ0) is 14.0. The third-order valence-electron chi connectivity index (χ3n) is 2.53. The lowest BCUT2D eigenvalue weighted by molar-refractivity contribution is 0.0600. The van der Waals surface area contributed by atoms with Crippen molar-refractivity contribution >= 4 is 21.9 Å². The quantitative estimate of drug-likeness (QED) is 0.856. The number of rotatable bonds is 2. The van der Waals surface area contributed by atoms with E-state index in [1.807, 2.05) is 0 Å². The van der Waals surface area contributed by atoms with Crippen LogP contribution in [-0.2, 0) is 4.74 Å². The number of hydrogen-bond donors (Lipinski definition) is 1. The minimum Gasteiger partial charge on any atom is -0.508 e. The summed E-state index contributed by atoms with van der Waals surface area (Å²) in [7, 11) is 1.23. The highest BCUT2D eigenvalue weighted by atomic mass is 79.9. The Morgan fingerprint density at radius 1 is 1.16 bits per heavy atom. The maximum atomic E-state index is 13.5. The average molecular weight is 325 g/mol. The van der Waals surface area contributed by atoms with Gasteiger partial charge in [0.2, 0.25) is 0 Å². The topological polar surface area (TPSA) is 46.5 Å². The zero-order valence-corrected chi connectivity index (χ0v) is 11.6. The number of methoxy groups -OCH3 is 1. The van der Waals surface area contributed by atoms with E-state index in [0.29, 0.717) is 15.6 Å². The molecule has 0 amide bonds. The van der Waals surface area contributed by atoms with E-state index in [-0.39, 0.29) is 11.3 Å². The molecule has 0 aliphatic rings. The molecule has 2 aromatic rings. The van der Waals surface area contributed by atoms with Crippen LogP contribution >= 0.6 is 15.9 Å². The molecule has 0 saturated heterocycles. The van der Waals surface area contributed by atoms with Crippen LogP contribution in [0.4, 0.5) is 4.39 Å². The first-order valence-corrected chi connectivity index (χ1v) is 6.18. The van der Waals surface area contributed by atoms with Crippen LogP contribution in [0.15, 0.2) is 40.9 Å². The Balaban J connectivity index is 2.55. The predicted octanol–water partition coefficient (Wildman–Crippen LogP) is 3.75. The first kappa shape index (κ1) is 13.5. The lowest BCUT2D eigenvalue weighted by atomic mass is 10.0. The van der Waals surface area contributed by atoms with E-state index >= 15 is 0 Å². The number of carbonyl (C=O) groups excluding carboxylic acids is 1. The molecule has 0 saturated carbocycles. The van der Waals surface area contributed by atoms with Crippen LogP contribution in [0.25, 0.3) is 11.1 Å². The highest BCUT2D eigenvalue weighted by Gasteiger charge is 2.11. The van der Waals surface area contributed by atoms with Crippen molar-refractivity contribution in [3.8, 4) is 16.9 Å². The third kappa shape index (κ3) is 3.12. The van der Waals surface area contributed by atoms with E-state index in [1.165, 1.54) is 31.4 Å². The average Bonchev–Trinajstić information content (AvgIpc) is 2.36. The summed E-state index contributed by atoms with van der Waals surface area (Å²) in [6.07, 6.45) is 0. The second-order valence-electron chi connectivity index (χ2n) is 3.92. The van der Waals surface area contributed by atoms with Gasteiger partial charge in [-0.2, -0.15) is 0 Å². The van der Waals surface area contributed by atoms with Crippen LogP contribution in [0.5, 0.6) is 5.75 Å². The number of esters is 1. The normalized spacial score (nSPS) is 10.3. The van der Waals surface area contributed by atoms with E-state index < -0.39 is 11.8 Å². The molecule has 0 fully saturated rings. The Morgan fingerprint density at radius 2 is 1.84 bits per heavy atom. The molecule has 3 nitrogen and oxygen atoms in total. The molecular formula is C14H10BrFO3. The first-order valence-electron chi connectivity index (χ1n) is 5.38. The highest BCUT2D eigenvalue weighted by molar-refractivity contribution is 9.10. The Kier molecular flexibility index (Phi) is 3.85. The minimum absolute atomic E-state index is 0.0493. The summed E-state index contributed by atoms with van der Waals surface area (Å²) >= 11 is 3.24. The van der Waals surface area contributed by atoms with Crippen molar-refractivity contribution in [3.05, 3.63) is 52.3 Å². The van der Waals surface area contributed by atoms with Gasteiger partial charge in [-0.3, -0.25) is 0 Å². The summed E-state index contributed by atoms with van der Waals surface area (Å²) < 4.78 is 18.8. The second-order valence-corrected chi connectivity index (χ2v) is 4.83. The maximum Gasteiger partial charge on any atom is 0.337 e. The smallest absolute Gasteiger partial charge is 0.337 e. The zero-order valence-electron chi connectivity index (χ0n) is 9.98. The van der Waals surface area contributed by atoms with Crippen LogP contribution < -0.4 is 0 Å². The second kappa shape index (κ2) is 5.40. The molecule has 0 heterocycles. The standard InChI is InChI=1S/C14H10BrFO3/c1-19-14(18)10-2-8(4-12(16)5-10)9-3-11(15)7-13(17)6-9/h2-7,17H,1H3. The summed E-state index contributed by atoms with van der Waals surface area (Å²) in [6, 6.07) is 8.62. The predicted molar refractivity (Wildman–Crippen MR) is 72.5 cm³/mol. The van der Waals surface area contributed by atoms with Gasteiger partial charge in [-0.05, 0) is 47.5 Å². The van der Waals surface area contributed by atoms with Gasteiger partial charge in [0.25, 0.3) is 0 Å². The monoisotopic (exact) mass is 324 g/mol. The molecule has 0 unspecified atom stereocenters. The molecule has 0 aliphatic heterocycles. The van der Waals surface area contributed by atoms with Crippen LogP contribution in [-0.4, -0.2) is 18.2 Å². The van der Waals surface area contributed by atoms with Crippen molar-refractivity contribution < 1.29 is 19.0 Å². The Bertz CT molecular complexity index is 620. The number of ether oxygens (including phenoxy) is 1. The number of aromatic hydroxyl groups is 1. The van der Waals surface area contributed by atoms with Crippen molar-refractivity contribution in [2.75, 3.05) is 7.11 Å². The summed E-state index contributed by atoms with van der Waals surface area (Å²) in [5.74, 6) is -1.11. The molecule has 0 spiro atoms. The molecular weight excluding hydrogens is 315 g/mol. The van der Waals surface area contributed by atoms with Gasteiger partial charge in [0.1, 0.15) is 11.6 Å². The molecule has 5 heteroatoms. The van der Waals surface area contributed by atoms with Gasteiger partial charge < -0.3 is 9.84 Å². The summed E-state index contributed by atoms with van der Waals surface area (Å²) in [4.78, 5) is 11.4. The Hall–Kier alpha value is -1.88. The molecule has 0 atom stereocenters. The van der Waals surface area contributed by atoms with Crippen molar-refractivity contribution in [2.45, 2.75) is 0 Å². The molecule has 19 heavy (non-hydrogen) atoms. The van der Waals surface area contributed by atoms with Crippen molar-refractivity contribution in [1.29, 1.82) is 0 Å². The van der Waals surface area contributed by atoms with Gasteiger partial charge in [-0.15, -0.1) is 0 Å². The lowest BCUT2D eigenvalue weighted by Gasteiger charge is -2.07. The van der Waals surface area contributed by atoms with Crippen LogP contribution in [0.3, 0.4) is 0 Å². The fourth-order valence-electron chi connectivity index (χ4n) is 1.73. The fraction of sp³-hybridized carbons (Fsp3) is 0.0714. The van der Waals surface area contributed by atoms with Crippen molar-refractivity contribution in [1.82, 2.24) is 0 Å². The number of benzene rings is 2. The van der Waals surface area contributed by atoms with Gasteiger partial charge in [0.15, 0.2) is 0 Å². The molecule has 2 rings (SSSR count). The number of carbonyl (C=O) groups is 1. The number of hydrogen-bond acceptors (Lipinski definition) is 3. The van der Waals surface area contributed by atoms with Gasteiger partial charge >= 0.3 is 5.97 Å². The molecule has 0 bridgehead atoms. The first-order chi connectivity index (χ1) is 8.99. The van der Waals surface area contributed by atoms with Gasteiger partial charge in [-0.1, -0.05) is 15.9 Å². The van der Waals surface area contributed by atoms with E-state index in [4.69, 9.17) is 0 Å². The third-order valence-corrected chi connectivity index (χ3v) is 2.99.